The normalized spacial score (nSPS) is 17.1. The number of aromatic nitrogens is 2. The van der Waals surface area contributed by atoms with E-state index in [-0.39, 0.29) is 5.60 Å². The van der Waals surface area contributed by atoms with Crippen molar-refractivity contribution in [3.63, 3.8) is 0 Å². The molecule has 1 aliphatic carbocycles. The molecule has 1 fully saturated rings. The molecule has 1 heterocycles. The van der Waals surface area contributed by atoms with Crippen LogP contribution in [0.1, 0.15) is 51.0 Å². The summed E-state index contributed by atoms with van der Waals surface area (Å²) in [5, 5.41) is 3.29. The number of hydrogen-bond acceptors (Lipinski definition) is 5. The molecule has 0 spiro atoms. The number of nitrogens with zero attached hydrogens (tertiary/aromatic N) is 2. The molecular formula is C15H24BrN3O2. The van der Waals surface area contributed by atoms with Crippen molar-refractivity contribution < 1.29 is 9.47 Å². The van der Waals surface area contributed by atoms with Crippen LogP contribution in [0, 0.1) is 0 Å². The van der Waals surface area contributed by atoms with Crippen LogP contribution in [0.25, 0.3) is 0 Å². The lowest BCUT2D eigenvalue weighted by atomic mass is 10.0. The van der Waals surface area contributed by atoms with Crippen LogP contribution >= 0.6 is 15.9 Å². The van der Waals surface area contributed by atoms with Crippen LogP contribution in [0.15, 0.2) is 4.47 Å². The van der Waals surface area contributed by atoms with E-state index in [4.69, 9.17) is 19.4 Å². The summed E-state index contributed by atoms with van der Waals surface area (Å²) in [5.41, 5.74) is 0.534. The minimum atomic E-state index is -0.331. The van der Waals surface area contributed by atoms with E-state index in [2.05, 4.69) is 28.2 Å². The third-order valence-electron chi connectivity index (χ3n) is 3.78. The van der Waals surface area contributed by atoms with Gasteiger partial charge in [0.2, 0.25) is 0 Å². The van der Waals surface area contributed by atoms with Crippen molar-refractivity contribution in [1.82, 2.24) is 9.97 Å². The fourth-order valence-electron chi connectivity index (χ4n) is 2.87. The molecule has 1 saturated carbocycles. The van der Waals surface area contributed by atoms with Crippen molar-refractivity contribution in [2.75, 3.05) is 25.6 Å². The predicted octanol–water partition coefficient (Wildman–Crippen LogP) is 3.62. The number of halogens is 1. The van der Waals surface area contributed by atoms with Gasteiger partial charge < -0.3 is 14.8 Å². The molecule has 5 nitrogen and oxygen atoms in total. The minimum Gasteiger partial charge on any atom is -0.378 e. The van der Waals surface area contributed by atoms with Crippen LogP contribution in [0.3, 0.4) is 0 Å². The maximum absolute atomic E-state index is 6.07. The van der Waals surface area contributed by atoms with Gasteiger partial charge in [-0.2, -0.15) is 0 Å². The molecule has 21 heavy (non-hydrogen) atoms. The Balaban J connectivity index is 2.46. The van der Waals surface area contributed by atoms with Gasteiger partial charge in [0.15, 0.2) is 5.82 Å². The molecular weight excluding hydrogens is 334 g/mol. The second kappa shape index (κ2) is 7.51. The Morgan fingerprint density at radius 1 is 1.24 bits per heavy atom. The number of ether oxygens (including phenoxy) is 2. The maximum Gasteiger partial charge on any atom is 0.163 e. The summed E-state index contributed by atoms with van der Waals surface area (Å²) in [7, 11) is 1.68. The van der Waals surface area contributed by atoms with Gasteiger partial charge in [0.05, 0.1) is 16.8 Å². The van der Waals surface area contributed by atoms with Crippen molar-refractivity contribution in [3.8, 4) is 0 Å². The van der Waals surface area contributed by atoms with E-state index in [0.29, 0.717) is 13.2 Å². The van der Waals surface area contributed by atoms with E-state index in [1.54, 1.807) is 7.11 Å². The van der Waals surface area contributed by atoms with Crippen LogP contribution in [0.2, 0.25) is 0 Å². The molecule has 0 aromatic carbocycles. The predicted molar refractivity (Wildman–Crippen MR) is 86.4 cm³/mol. The van der Waals surface area contributed by atoms with Crippen LogP contribution in [0.5, 0.6) is 0 Å². The molecule has 0 amide bonds. The highest BCUT2D eigenvalue weighted by molar-refractivity contribution is 9.10. The summed E-state index contributed by atoms with van der Waals surface area (Å²) in [6.45, 7) is 6.02. The molecule has 118 valence electrons. The number of rotatable bonds is 7. The van der Waals surface area contributed by atoms with Gasteiger partial charge in [-0.25, -0.2) is 9.97 Å². The first-order valence-electron chi connectivity index (χ1n) is 7.60. The summed E-state index contributed by atoms with van der Waals surface area (Å²) < 4.78 is 12.2. The van der Waals surface area contributed by atoms with Gasteiger partial charge in [0, 0.05) is 20.3 Å². The zero-order valence-electron chi connectivity index (χ0n) is 13.0. The van der Waals surface area contributed by atoms with Crippen LogP contribution in [-0.2, 0) is 21.7 Å². The largest absolute Gasteiger partial charge is 0.378 e. The highest BCUT2D eigenvalue weighted by Gasteiger charge is 2.40. The average Bonchev–Trinajstić information content (AvgIpc) is 2.94. The first-order chi connectivity index (χ1) is 10.2. The fourth-order valence-corrected chi connectivity index (χ4v) is 3.30. The van der Waals surface area contributed by atoms with Gasteiger partial charge in [0.25, 0.3) is 0 Å². The second-order valence-electron chi connectivity index (χ2n) is 5.25. The zero-order chi connectivity index (χ0) is 15.3. The minimum absolute atomic E-state index is 0.331. The lowest BCUT2D eigenvalue weighted by Crippen LogP contribution is -2.30. The van der Waals surface area contributed by atoms with Crippen molar-refractivity contribution in [1.29, 1.82) is 0 Å². The Labute approximate surface area is 135 Å². The van der Waals surface area contributed by atoms with Gasteiger partial charge in [-0.05, 0) is 55.5 Å². The molecule has 0 aliphatic heterocycles. The van der Waals surface area contributed by atoms with Gasteiger partial charge in [-0.3, -0.25) is 0 Å². The number of methoxy groups -OCH3 is 1. The Morgan fingerprint density at radius 3 is 2.52 bits per heavy atom. The first kappa shape index (κ1) is 16.6. The van der Waals surface area contributed by atoms with Crippen molar-refractivity contribution in [3.05, 3.63) is 16.0 Å². The smallest absolute Gasteiger partial charge is 0.163 e. The third-order valence-corrected chi connectivity index (χ3v) is 4.62. The Hall–Kier alpha value is -0.720. The van der Waals surface area contributed by atoms with Crippen molar-refractivity contribution >= 4 is 21.7 Å². The topological polar surface area (TPSA) is 56.3 Å². The molecule has 1 aliphatic rings. The Kier molecular flexibility index (Phi) is 5.96. The number of hydrogen-bond donors (Lipinski definition) is 1. The molecule has 0 unspecified atom stereocenters. The van der Waals surface area contributed by atoms with Gasteiger partial charge in [-0.15, -0.1) is 0 Å². The van der Waals surface area contributed by atoms with E-state index >= 15 is 0 Å². The molecule has 2 rings (SSSR count). The summed E-state index contributed by atoms with van der Waals surface area (Å²) in [4.78, 5) is 9.46. The summed E-state index contributed by atoms with van der Waals surface area (Å²) in [6, 6.07) is 0. The van der Waals surface area contributed by atoms with E-state index in [1.165, 1.54) is 0 Å². The lowest BCUT2D eigenvalue weighted by Gasteiger charge is -2.28. The average molecular weight is 358 g/mol. The highest BCUT2D eigenvalue weighted by Crippen LogP contribution is 2.41. The maximum atomic E-state index is 6.07. The summed E-state index contributed by atoms with van der Waals surface area (Å²) >= 11 is 3.57. The van der Waals surface area contributed by atoms with E-state index in [9.17, 15) is 0 Å². The van der Waals surface area contributed by atoms with Crippen molar-refractivity contribution in [2.24, 2.45) is 0 Å². The molecule has 0 radical (unpaired) electrons. The SMILES string of the molecule is CCNc1nc(C2(OCC)CCCC2)nc(COC)c1Br. The summed E-state index contributed by atoms with van der Waals surface area (Å²) in [6.07, 6.45) is 4.30. The second-order valence-corrected chi connectivity index (χ2v) is 6.05. The van der Waals surface area contributed by atoms with Crippen LogP contribution in [0.4, 0.5) is 5.82 Å². The number of anilines is 1. The van der Waals surface area contributed by atoms with Gasteiger partial charge in [-0.1, -0.05) is 0 Å². The van der Waals surface area contributed by atoms with E-state index < -0.39 is 0 Å². The van der Waals surface area contributed by atoms with Crippen LogP contribution in [-0.4, -0.2) is 30.2 Å². The Bertz CT molecular complexity index is 449. The Morgan fingerprint density at radius 2 is 1.95 bits per heavy atom. The zero-order valence-corrected chi connectivity index (χ0v) is 14.6. The quantitative estimate of drug-likeness (QED) is 0.807. The molecule has 6 heteroatoms. The van der Waals surface area contributed by atoms with Crippen molar-refractivity contribution in [2.45, 2.75) is 51.7 Å². The molecule has 1 aromatic rings. The van der Waals surface area contributed by atoms with E-state index in [1.807, 2.05) is 6.92 Å². The lowest BCUT2D eigenvalue weighted by molar-refractivity contribution is -0.0459. The standard InChI is InChI=1S/C15H24BrN3O2/c1-4-17-13-12(16)11(10-20-3)18-14(19-13)15(21-5-2)8-6-7-9-15/h4-10H2,1-3H3,(H,17,18,19). The molecule has 1 N–H and O–H groups in total. The molecule has 0 bridgehead atoms. The number of nitrogens with one attached hydrogen (secondary N) is 1. The van der Waals surface area contributed by atoms with E-state index in [0.717, 1.165) is 54.0 Å². The highest BCUT2D eigenvalue weighted by atomic mass is 79.9. The van der Waals surface area contributed by atoms with Gasteiger partial charge in [0.1, 0.15) is 11.4 Å². The monoisotopic (exact) mass is 357 g/mol. The first-order valence-corrected chi connectivity index (χ1v) is 8.39. The van der Waals surface area contributed by atoms with Crippen LogP contribution < -0.4 is 5.32 Å². The molecule has 0 saturated heterocycles. The molecule has 1 aromatic heterocycles. The van der Waals surface area contributed by atoms with Gasteiger partial charge >= 0.3 is 0 Å². The third kappa shape index (κ3) is 3.55. The fraction of sp³-hybridized carbons (Fsp3) is 0.733. The molecule has 0 atom stereocenters. The summed E-state index contributed by atoms with van der Waals surface area (Å²) in [5.74, 6) is 1.61.